The summed E-state index contributed by atoms with van der Waals surface area (Å²) in [7, 11) is 0. The Balaban J connectivity index is 1.35. The zero-order valence-electron chi connectivity index (χ0n) is 16.2. The van der Waals surface area contributed by atoms with Crippen molar-refractivity contribution >= 4 is 44.1 Å². The number of thiophene rings is 1. The predicted octanol–water partition coefficient (Wildman–Crippen LogP) is 5.05. The first-order chi connectivity index (χ1) is 14.6. The fourth-order valence-corrected chi connectivity index (χ4v) is 4.37. The summed E-state index contributed by atoms with van der Waals surface area (Å²) in [6.45, 7) is 5.90. The minimum atomic E-state index is -0.243. The Morgan fingerprint density at radius 1 is 1.07 bits per heavy atom. The Hall–Kier alpha value is -3.84. The number of aryl methyl sites for hydroxylation is 1. The van der Waals surface area contributed by atoms with Crippen LogP contribution in [-0.4, -0.2) is 15.7 Å². The molecule has 7 heteroatoms. The van der Waals surface area contributed by atoms with Crippen LogP contribution in [0, 0.1) is 6.92 Å². The van der Waals surface area contributed by atoms with Gasteiger partial charge in [0, 0.05) is 10.8 Å². The highest BCUT2D eigenvalue weighted by Crippen LogP contribution is 2.30. The molecule has 0 aliphatic rings. The second-order valence-electron chi connectivity index (χ2n) is 6.87. The Labute approximate surface area is 176 Å². The van der Waals surface area contributed by atoms with Crippen LogP contribution in [0.3, 0.4) is 0 Å². The van der Waals surface area contributed by atoms with Crippen LogP contribution in [0.5, 0.6) is 0 Å². The molecular weight excluding hydrogens is 396 g/mol. The fraction of sp³-hybridized carbons (Fsp3) is 0.0435. The summed E-state index contributed by atoms with van der Waals surface area (Å²) in [5.74, 6) is 0.330. The summed E-state index contributed by atoms with van der Waals surface area (Å²) < 4.78 is 7.63. The molecule has 2 N–H and O–H groups in total. The van der Waals surface area contributed by atoms with Crippen LogP contribution in [0.2, 0.25) is 0 Å². The third-order valence-electron chi connectivity index (χ3n) is 4.82. The second kappa shape index (κ2) is 7.20. The standard InChI is InChI=1S/C23H18N4O2S/c1-14-18-13-21(30-23(18)27(26-14)17-9-4-3-5-10-17)22(28)25-24-15(2)20-12-16-8-6-7-11-19(16)29-20/h3-13,24H,2H2,1H3,(H,25,28). The number of hydrogen-bond donors (Lipinski definition) is 2. The van der Waals surface area contributed by atoms with Gasteiger partial charge in [0.1, 0.15) is 10.4 Å². The molecule has 0 aliphatic carbocycles. The molecule has 0 saturated carbocycles. The van der Waals surface area contributed by atoms with Gasteiger partial charge >= 0.3 is 0 Å². The van der Waals surface area contributed by atoms with E-state index in [1.807, 2.05) is 78.3 Å². The number of nitrogens with zero attached hydrogens (tertiary/aromatic N) is 2. The molecule has 148 valence electrons. The van der Waals surface area contributed by atoms with E-state index in [-0.39, 0.29) is 5.91 Å². The highest BCUT2D eigenvalue weighted by atomic mass is 32.1. The van der Waals surface area contributed by atoms with Gasteiger partial charge in [0.05, 0.1) is 22.0 Å². The van der Waals surface area contributed by atoms with Crippen LogP contribution in [0.25, 0.3) is 32.6 Å². The van der Waals surface area contributed by atoms with E-state index in [9.17, 15) is 4.79 Å². The largest absolute Gasteiger partial charge is 0.454 e. The zero-order valence-corrected chi connectivity index (χ0v) is 17.0. The van der Waals surface area contributed by atoms with E-state index in [2.05, 4.69) is 22.5 Å². The molecular formula is C23H18N4O2S. The third-order valence-corrected chi connectivity index (χ3v) is 5.93. The van der Waals surface area contributed by atoms with Gasteiger partial charge < -0.3 is 4.42 Å². The molecule has 0 fully saturated rings. The summed E-state index contributed by atoms with van der Waals surface area (Å²) >= 11 is 1.39. The number of hydrazine groups is 1. The number of benzene rings is 2. The number of fused-ring (bicyclic) bond motifs is 2. The van der Waals surface area contributed by atoms with Crippen molar-refractivity contribution in [3.63, 3.8) is 0 Å². The molecule has 0 aliphatic heterocycles. The Bertz CT molecular complexity index is 1360. The monoisotopic (exact) mass is 414 g/mol. The molecule has 0 saturated heterocycles. The number of amides is 1. The molecule has 3 heterocycles. The van der Waals surface area contributed by atoms with Gasteiger partial charge in [0.15, 0.2) is 5.76 Å². The number of aromatic nitrogens is 2. The summed E-state index contributed by atoms with van der Waals surface area (Å²) in [5.41, 5.74) is 8.64. The predicted molar refractivity (Wildman–Crippen MR) is 120 cm³/mol. The molecule has 0 radical (unpaired) electrons. The van der Waals surface area contributed by atoms with Crippen molar-refractivity contribution in [3.8, 4) is 5.69 Å². The van der Waals surface area contributed by atoms with Gasteiger partial charge in [-0.1, -0.05) is 43.0 Å². The number of carbonyl (C=O) groups is 1. The van der Waals surface area contributed by atoms with E-state index in [1.165, 1.54) is 11.3 Å². The summed E-state index contributed by atoms with van der Waals surface area (Å²) in [4.78, 5) is 14.2. The highest BCUT2D eigenvalue weighted by molar-refractivity contribution is 7.20. The summed E-state index contributed by atoms with van der Waals surface area (Å²) in [5, 5.41) is 6.55. The van der Waals surface area contributed by atoms with Gasteiger partial charge in [-0.3, -0.25) is 15.6 Å². The average molecular weight is 414 g/mol. The molecule has 3 aromatic heterocycles. The minimum absolute atomic E-state index is 0.243. The minimum Gasteiger partial charge on any atom is -0.454 e. The first kappa shape index (κ1) is 18.2. The molecule has 0 bridgehead atoms. The molecule has 0 spiro atoms. The molecule has 2 aromatic carbocycles. The first-order valence-electron chi connectivity index (χ1n) is 9.39. The molecule has 5 aromatic rings. The molecule has 0 unspecified atom stereocenters. The number of carbonyl (C=O) groups excluding carboxylic acids is 1. The van der Waals surface area contributed by atoms with Crippen molar-refractivity contribution in [2.75, 3.05) is 0 Å². The van der Waals surface area contributed by atoms with E-state index in [0.29, 0.717) is 16.3 Å². The maximum atomic E-state index is 12.7. The molecule has 1 amide bonds. The van der Waals surface area contributed by atoms with E-state index < -0.39 is 0 Å². The Morgan fingerprint density at radius 3 is 2.63 bits per heavy atom. The van der Waals surface area contributed by atoms with Gasteiger partial charge in [0.2, 0.25) is 0 Å². The number of rotatable bonds is 5. The van der Waals surface area contributed by atoms with E-state index in [0.717, 1.165) is 32.6 Å². The van der Waals surface area contributed by atoms with Crippen LogP contribution in [0.4, 0.5) is 0 Å². The number of furan rings is 1. The van der Waals surface area contributed by atoms with Crippen molar-refractivity contribution in [2.24, 2.45) is 0 Å². The quantitative estimate of drug-likeness (QED) is 0.395. The highest BCUT2D eigenvalue weighted by Gasteiger charge is 2.17. The fourth-order valence-electron chi connectivity index (χ4n) is 3.29. The normalized spacial score (nSPS) is 11.1. The second-order valence-corrected chi connectivity index (χ2v) is 7.90. The summed E-state index contributed by atoms with van der Waals surface area (Å²) in [6, 6.07) is 21.3. The molecule has 6 nitrogen and oxygen atoms in total. The number of hydrogen-bond acceptors (Lipinski definition) is 5. The van der Waals surface area contributed by atoms with Crippen LogP contribution in [-0.2, 0) is 0 Å². The average Bonchev–Trinajstić information content (AvgIpc) is 3.47. The smallest absolute Gasteiger partial charge is 0.279 e. The lowest BCUT2D eigenvalue weighted by atomic mass is 10.2. The van der Waals surface area contributed by atoms with Crippen LogP contribution < -0.4 is 10.9 Å². The maximum Gasteiger partial charge on any atom is 0.279 e. The number of nitrogens with one attached hydrogen (secondary N) is 2. The lowest BCUT2D eigenvalue weighted by Gasteiger charge is -2.08. The zero-order chi connectivity index (χ0) is 20.7. The van der Waals surface area contributed by atoms with Crippen molar-refractivity contribution < 1.29 is 9.21 Å². The molecule has 5 rings (SSSR count). The first-order valence-corrected chi connectivity index (χ1v) is 10.2. The Morgan fingerprint density at radius 2 is 1.83 bits per heavy atom. The van der Waals surface area contributed by atoms with Crippen molar-refractivity contribution in [1.82, 2.24) is 20.6 Å². The SMILES string of the molecule is C=C(NNC(=O)c1cc2c(C)nn(-c3ccccc3)c2s1)c1cc2ccccc2o1. The van der Waals surface area contributed by atoms with Gasteiger partial charge in [-0.25, -0.2) is 4.68 Å². The van der Waals surface area contributed by atoms with E-state index >= 15 is 0 Å². The lowest BCUT2D eigenvalue weighted by Crippen LogP contribution is -2.35. The summed E-state index contributed by atoms with van der Waals surface area (Å²) in [6.07, 6.45) is 0. The lowest BCUT2D eigenvalue weighted by molar-refractivity contribution is 0.0946. The van der Waals surface area contributed by atoms with E-state index in [4.69, 9.17) is 4.42 Å². The van der Waals surface area contributed by atoms with Crippen LogP contribution in [0.15, 0.2) is 77.7 Å². The van der Waals surface area contributed by atoms with Gasteiger partial charge in [-0.05, 0) is 37.3 Å². The van der Waals surface area contributed by atoms with Crippen LogP contribution >= 0.6 is 11.3 Å². The topological polar surface area (TPSA) is 72.1 Å². The molecule has 30 heavy (non-hydrogen) atoms. The van der Waals surface area contributed by atoms with Crippen molar-refractivity contribution in [1.29, 1.82) is 0 Å². The number of para-hydroxylation sites is 2. The van der Waals surface area contributed by atoms with E-state index in [1.54, 1.807) is 0 Å². The molecule has 0 atom stereocenters. The van der Waals surface area contributed by atoms with Gasteiger partial charge in [0.25, 0.3) is 5.91 Å². The van der Waals surface area contributed by atoms with Crippen molar-refractivity contribution in [2.45, 2.75) is 6.92 Å². The van der Waals surface area contributed by atoms with Crippen molar-refractivity contribution in [3.05, 3.63) is 89.6 Å². The van der Waals surface area contributed by atoms with Crippen LogP contribution in [0.1, 0.15) is 21.1 Å². The van der Waals surface area contributed by atoms with Gasteiger partial charge in [-0.15, -0.1) is 11.3 Å². The third kappa shape index (κ3) is 3.15. The Kier molecular flexibility index (Phi) is 4.37. The van der Waals surface area contributed by atoms with Gasteiger partial charge in [-0.2, -0.15) is 5.10 Å². The maximum absolute atomic E-state index is 12.7.